The summed E-state index contributed by atoms with van der Waals surface area (Å²) in [7, 11) is 0. The van der Waals surface area contributed by atoms with Gasteiger partial charge in [-0.15, -0.1) is 0 Å². The molecule has 3 fully saturated rings. The molecule has 2 aliphatic heterocycles. The highest BCUT2D eigenvalue weighted by molar-refractivity contribution is 5.75. The first-order chi connectivity index (χ1) is 8.75. The first kappa shape index (κ1) is 12.2. The standard InChI is InChI=1S/C12H21N3O3/c13-9-8-2-1-4-18-11(8)10(9)15-12(16)14-7-3-5-17-6-7/h7-11H,1-6,13H2,(H2,14,15,16). The fraction of sp³-hybridized carbons (Fsp3) is 0.917. The summed E-state index contributed by atoms with van der Waals surface area (Å²) in [6.07, 6.45) is 3.18. The predicted molar refractivity (Wildman–Crippen MR) is 65.1 cm³/mol. The van der Waals surface area contributed by atoms with Gasteiger partial charge in [0.2, 0.25) is 0 Å². The molecule has 0 aromatic rings. The average Bonchev–Trinajstić information content (AvgIpc) is 2.88. The van der Waals surface area contributed by atoms with Crippen LogP contribution in [0.1, 0.15) is 19.3 Å². The summed E-state index contributed by atoms with van der Waals surface area (Å²) >= 11 is 0. The highest BCUT2D eigenvalue weighted by Crippen LogP contribution is 2.36. The molecule has 6 nitrogen and oxygen atoms in total. The van der Waals surface area contributed by atoms with E-state index >= 15 is 0 Å². The lowest BCUT2D eigenvalue weighted by Crippen LogP contribution is -2.73. The van der Waals surface area contributed by atoms with E-state index in [9.17, 15) is 4.79 Å². The van der Waals surface area contributed by atoms with Crippen molar-refractivity contribution in [1.29, 1.82) is 0 Å². The van der Waals surface area contributed by atoms with Crippen molar-refractivity contribution in [3.63, 3.8) is 0 Å². The molecule has 5 unspecified atom stereocenters. The highest BCUT2D eigenvalue weighted by atomic mass is 16.5. The van der Waals surface area contributed by atoms with Crippen molar-refractivity contribution in [1.82, 2.24) is 10.6 Å². The van der Waals surface area contributed by atoms with Gasteiger partial charge < -0.3 is 25.8 Å². The Morgan fingerprint density at radius 3 is 2.89 bits per heavy atom. The van der Waals surface area contributed by atoms with Crippen molar-refractivity contribution in [2.45, 2.75) is 43.5 Å². The Kier molecular flexibility index (Phi) is 3.41. The van der Waals surface area contributed by atoms with Gasteiger partial charge in [-0.05, 0) is 19.3 Å². The van der Waals surface area contributed by atoms with Crippen molar-refractivity contribution < 1.29 is 14.3 Å². The Morgan fingerprint density at radius 1 is 1.22 bits per heavy atom. The quantitative estimate of drug-likeness (QED) is 0.625. The van der Waals surface area contributed by atoms with Gasteiger partial charge in [-0.25, -0.2) is 4.79 Å². The first-order valence-electron chi connectivity index (χ1n) is 6.77. The second kappa shape index (κ2) is 5.03. The normalized spacial score (nSPS) is 42.8. The van der Waals surface area contributed by atoms with Crippen molar-refractivity contribution >= 4 is 6.03 Å². The third-order valence-electron chi connectivity index (χ3n) is 4.24. The van der Waals surface area contributed by atoms with Gasteiger partial charge >= 0.3 is 6.03 Å². The number of nitrogens with two attached hydrogens (primary N) is 1. The molecule has 0 spiro atoms. The Balaban J connectivity index is 1.48. The summed E-state index contributed by atoms with van der Waals surface area (Å²) in [5.41, 5.74) is 6.09. The molecule has 0 aromatic heterocycles. The Labute approximate surface area is 107 Å². The number of carbonyl (C=O) groups is 1. The van der Waals surface area contributed by atoms with Crippen LogP contribution in [0.25, 0.3) is 0 Å². The zero-order chi connectivity index (χ0) is 12.5. The van der Waals surface area contributed by atoms with E-state index in [4.69, 9.17) is 15.2 Å². The number of carbonyl (C=O) groups excluding carboxylic acids is 1. The topological polar surface area (TPSA) is 85.6 Å². The molecule has 1 saturated carbocycles. The fourth-order valence-corrected chi connectivity index (χ4v) is 3.15. The predicted octanol–water partition coefficient (Wildman–Crippen LogP) is -0.421. The zero-order valence-corrected chi connectivity index (χ0v) is 10.4. The lowest BCUT2D eigenvalue weighted by Gasteiger charge is -2.52. The van der Waals surface area contributed by atoms with Crippen LogP contribution in [-0.2, 0) is 9.47 Å². The number of hydrogen-bond acceptors (Lipinski definition) is 4. The van der Waals surface area contributed by atoms with Gasteiger partial charge in [0.15, 0.2) is 0 Å². The van der Waals surface area contributed by atoms with E-state index in [0.717, 1.165) is 32.5 Å². The smallest absolute Gasteiger partial charge is 0.315 e. The van der Waals surface area contributed by atoms with Crippen molar-refractivity contribution in [3.05, 3.63) is 0 Å². The molecule has 0 aromatic carbocycles. The number of ether oxygens (including phenoxy) is 2. The number of nitrogens with one attached hydrogen (secondary N) is 2. The van der Waals surface area contributed by atoms with Gasteiger partial charge in [-0.2, -0.15) is 0 Å². The summed E-state index contributed by atoms with van der Waals surface area (Å²) in [5.74, 6) is 0.416. The maximum absolute atomic E-state index is 11.8. The maximum atomic E-state index is 11.8. The van der Waals surface area contributed by atoms with Gasteiger partial charge in [0.1, 0.15) is 0 Å². The van der Waals surface area contributed by atoms with E-state index < -0.39 is 0 Å². The fourth-order valence-electron chi connectivity index (χ4n) is 3.15. The Hall–Kier alpha value is -0.850. The largest absolute Gasteiger partial charge is 0.379 e. The molecule has 0 bridgehead atoms. The molecule has 18 heavy (non-hydrogen) atoms. The number of urea groups is 1. The first-order valence-corrected chi connectivity index (χ1v) is 6.77. The van der Waals surface area contributed by atoms with Gasteiger partial charge in [0, 0.05) is 25.2 Å². The van der Waals surface area contributed by atoms with E-state index in [-0.39, 0.29) is 30.3 Å². The van der Waals surface area contributed by atoms with Crippen LogP contribution in [0.3, 0.4) is 0 Å². The van der Waals surface area contributed by atoms with Crippen LogP contribution < -0.4 is 16.4 Å². The molecular weight excluding hydrogens is 234 g/mol. The molecule has 2 saturated heterocycles. The minimum absolute atomic E-state index is 0.0286. The zero-order valence-electron chi connectivity index (χ0n) is 10.4. The third-order valence-corrected chi connectivity index (χ3v) is 4.24. The van der Waals surface area contributed by atoms with Crippen molar-refractivity contribution in [2.75, 3.05) is 19.8 Å². The van der Waals surface area contributed by atoms with Crippen LogP contribution in [0.5, 0.6) is 0 Å². The maximum Gasteiger partial charge on any atom is 0.315 e. The van der Waals surface area contributed by atoms with E-state index in [2.05, 4.69) is 10.6 Å². The Morgan fingerprint density at radius 2 is 2.11 bits per heavy atom. The molecule has 3 rings (SSSR count). The summed E-state index contributed by atoms with van der Waals surface area (Å²) in [6.45, 7) is 2.11. The van der Waals surface area contributed by atoms with Gasteiger partial charge in [0.05, 0.1) is 24.8 Å². The third kappa shape index (κ3) is 2.20. The SMILES string of the molecule is NC1C2CCCOC2C1NC(=O)NC1CCOC1. The Bertz CT molecular complexity index is 320. The van der Waals surface area contributed by atoms with E-state index in [0.29, 0.717) is 12.5 Å². The van der Waals surface area contributed by atoms with Crippen LogP contribution in [0.15, 0.2) is 0 Å². The number of hydrogen-bond donors (Lipinski definition) is 3. The molecule has 2 heterocycles. The minimum atomic E-state index is -0.154. The van der Waals surface area contributed by atoms with Crippen LogP contribution in [0.4, 0.5) is 4.79 Å². The van der Waals surface area contributed by atoms with Crippen molar-refractivity contribution in [3.8, 4) is 0 Å². The molecular formula is C12H21N3O3. The van der Waals surface area contributed by atoms with Crippen LogP contribution in [0, 0.1) is 5.92 Å². The van der Waals surface area contributed by atoms with Crippen LogP contribution >= 0.6 is 0 Å². The van der Waals surface area contributed by atoms with Crippen molar-refractivity contribution in [2.24, 2.45) is 11.7 Å². The monoisotopic (exact) mass is 255 g/mol. The second-order valence-corrected chi connectivity index (χ2v) is 5.42. The highest BCUT2D eigenvalue weighted by Gasteiger charge is 2.51. The molecule has 6 heteroatoms. The average molecular weight is 255 g/mol. The molecule has 102 valence electrons. The number of fused-ring (bicyclic) bond motifs is 1. The molecule has 5 atom stereocenters. The summed E-state index contributed by atoms with van der Waals surface area (Å²) in [6, 6.07) is -0.0403. The molecule has 1 aliphatic carbocycles. The number of rotatable bonds is 2. The molecule has 2 amide bonds. The van der Waals surface area contributed by atoms with E-state index in [1.807, 2.05) is 0 Å². The van der Waals surface area contributed by atoms with E-state index in [1.165, 1.54) is 0 Å². The summed E-state index contributed by atoms with van der Waals surface area (Å²) in [4.78, 5) is 11.8. The van der Waals surface area contributed by atoms with Gasteiger partial charge in [-0.1, -0.05) is 0 Å². The molecule has 4 N–H and O–H groups in total. The van der Waals surface area contributed by atoms with Crippen LogP contribution in [0.2, 0.25) is 0 Å². The molecule has 0 radical (unpaired) electrons. The lowest BCUT2D eigenvalue weighted by molar-refractivity contribution is -0.116. The van der Waals surface area contributed by atoms with Crippen LogP contribution in [-0.4, -0.2) is 50.1 Å². The lowest BCUT2D eigenvalue weighted by atomic mass is 9.69. The van der Waals surface area contributed by atoms with Gasteiger partial charge in [-0.3, -0.25) is 0 Å². The minimum Gasteiger partial charge on any atom is -0.379 e. The summed E-state index contributed by atoms with van der Waals surface area (Å²) in [5, 5.41) is 5.84. The molecule has 3 aliphatic rings. The van der Waals surface area contributed by atoms with E-state index in [1.54, 1.807) is 0 Å². The number of amides is 2. The van der Waals surface area contributed by atoms with Gasteiger partial charge in [0.25, 0.3) is 0 Å². The second-order valence-electron chi connectivity index (χ2n) is 5.42. The summed E-state index contributed by atoms with van der Waals surface area (Å²) < 4.78 is 10.9.